The molecule has 0 aliphatic carbocycles. The fraction of sp³-hybridized carbons (Fsp3) is 0.105. The topological polar surface area (TPSA) is 101 Å². The van der Waals surface area contributed by atoms with Crippen LogP contribution in [-0.4, -0.2) is 24.3 Å². The van der Waals surface area contributed by atoms with Crippen molar-refractivity contribution in [2.45, 2.75) is 17.7 Å². The molecule has 0 aliphatic rings. The number of aromatic nitrogens is 2. The highest BCUT2D eigenvalue weighted by Crippen LogP contribution is 2.17. The highest BCUT2D eigenvalue weighted by molar-refractivity contribution is 7.92. The van der Waals surface area contributed by atoms with Gasteiger partial charge in [-0.05, 0) is 54.4 Å². The van der Waals surface area contributed by atoms with Crippen LogP contribution < -0.4 is 10.0 Å². The number of rotatable bonds is 7. The van der Waals surface area contributed by atoms with Gasteiger partial charge in [0.15, 0.2) is 0 Å². The number of hydrogen-bond donors (Lipinski definition) is 2. The Hall–Kier alpha value is -3.33. The molecule has 2 N–H and O–H groups in total. The fourth-order valence-corrected chi connectivity index (χ4v) is 3.34. The molecular weight excluding hydrogens is 383 g/mol. The molecule has 2 aromatic carbocycles. The van der Waals surface area contributed by atoms with E-state index in [2.05, 4.69) is 20.0 Å². The minimum Gasteiger partial charge on any atom is -0.326 e. The number of nitrogens with one attached hydrogen (secondary N) is 2. The Morgan fingerprint density at radius 2 is 1.61 bits per heavy atom. The van der Waals surface area contributed by atoms with Gasteiger partial charge >= 0.3 is 0 Å². The maximum absolute atomic E-state index is 12.9. The molecule has 1 amide bonds. The summed E-state index contributed by atoms with van der Waals surface area (Å²) in [6.07, 6.45) is 3.54. The van der Waals surface area contributed by atoms with E-state index in [0.29, 0.717) is 12.1 Å². The van der Waals surface area contributed by atoms with Crippen LogP contribution in [0.5, 0.6) is 0 Å². The Labute approximate surface area is 161 Å². The van der Waals surface area contributed by atoms with E-state index in [1.165, 1.54) is 48.8 Å². The number of hydrogen-bond acceptors (Lipinski definition) is 5. The van der Waals surface area contributed by atoms with E-state index in [1.54, 1.807) is 18.2 Å². The molecule has 1 aromatic heterocycles. The summed E-state index contributed by atoms with van der Waals surface area (Å²) in [6, 6.07) is 13.3. The SMILES string of the molecule is O=C(CCc1ccc(F)cc1)Nc1ccc(S(=O)(=O)Nc2ncccn2)cc1. The first-order valence-electron chi connectivity index (χ1n) is 8.36. The van der Waals surface area contributed by atoms with Crippen molar-refractivity contribution in [2.24, 2.45) is 0 Å². The third-order valence-corrected chi connectivity index (χ3v) is 5.14. The molecule has 1 heterocycles. The molecule has 0 radical (unpaired) electrons. The summed E-state index contributed by atoms with van der Waals surface area (Å²) in [5.41, 5.74) is 1.33. The zero-order chi connectivity index (χ0) is 20.0. The van der Waals surface area contributed by atoms with Crippen LogP contribution in [0.2, 0.25) is 0 Å². The number of carbonyl (C=O) groups excluding carboxylic acids is 1. The molecule has 0 spiro atoms. The average molecular weight is 400 g/mol. The maximum atomic E-state index is 12.9. The van der Waals surface area contributed by atoms with E-state index in [9.17, 15) is 17.6 Å². The molecule has 0 saturated heterocycles. The first-order chi connectivity index (χ1) is 13.4. The van der Waals surface area contributed by atoms with Gasteiger partial charge in [0, 0.05) is 24.5 Å². The second-order valence-corrected chi connectivity index (χ2v) is 7.56. The van der Waals surface area contributed by atoms with Crippen molar-refractivity contribution >= 4 is 27.6 Å². The summed E-state index contributed by atoms with van der Waals surface area (Å²) in [4.78, 5) is 19.7. The van der Waals surface area contributed by atoms with Crippen molar-refractivity contribution < 1.29 is 17.6 Å². The molecule has 0 unspecified atom stereocenters. The largest absolute Gasteiger partial charge is 0.326 e. The molecule has 7 nitrogen and oxygen atoms in total. The van der Waals surface area contributed by atoms with Crippen molar-refractivity contribution in [3.63, 3.8) is 0 Å². The van der Waals surface area contributed by atoms with Gasteiger partial charge in [-0.3, -0.25) is 4.79 Å². The van der Waals surface area contributed by atoms with Gasteiger partial charge in [-0.2, -0.15) is 0 Å². The molecule has 3 rings (SSSR count). The van der Waals surface area contributed by atoms with Crippen LogP contribution in [0.1, 0.15) is 12.0 Å². The fourth-order valence-electron chi connectivity index (χ4n) is 2.38. The zero-order valence-corrected chi connectivity index (χ0v) is 15.5. The molecule has 0 atom stereocenters. The van der Waals surface area contributed by atoms with Crippen LogP contribution in [-0.2, 0) is 21.2 Å². The number of halogens is 1. The van der Waals surface area contributed by atoms with E-state index in [4.69, 9.17) is 0 Å². The molecule has 0 aliphatic heterocycles. The molecule has 144 valence electrons. The summed E-state index contributed by atoms with van der Waals surface area (Å²) in [5, 5.41) is 2.70. The second kappa shape index (κ2) is 8.57. The minimum atomic E-state index is -3.83. The predicted molar refractivity (Wildman–Crippen MR) is 103 cm³/mol. The van der Waals surface area contributed by atoms with Gasteiger partial charge in [-0.25, -0.2) is 27.5 Å². The lowest BCUT2D eigenvalue weighted by Crippen LogP contribution is -2.15. The molecule has 9 heteroatoms. The number of aryl methyl sites for hydroxylation is 1. The highest BCUT2D eigenvalue weighted by atomic mass is 32.2. The summed E-state index contributed by atoms with van der Waals surface area (Å²) < 4.78 is 39.8. The summed E-state index contributed by atoms with van der Waals surface area (Å²) in [7, 11) is -3.83. The van der Waals surface area contributed by atoms with Crippen LogP contribution in [0.15, 0.2) is 71.9 Å². The van der Waals surface area contributed by atoms with Crippen molar-refractivity contribution in [1.29, 1.82) is 0 Å². The van der Waals surface area contributed by atoms with Crippen molar-refractivity contribution in [1.82, 2.24) is 9.97 Å². The van der Waals surface area contributed by atoms with Crippen LogP contribution in [0.25, 0.3) is 0 Å². The lowest BCUT2D eigenvalue weighted by molar-refractivity contribution is -0.116. The van der Waals surface area contributed by atoms with Gasteiger partial charge < -0.3 is 5.32 Å². The van der Waals surface area contributed by atoms with E-state index < -0.39 is 10.0 Å². The summed E-state index contributed by atoms with van der Waals surface area (Å²) in [5.74, 6) is -0.576. The van der Waals surface area contributed by atoms with Crippen molar-refractivity contribution in [3.8, 4) is 0 Å². The van der Waals surface area contributed by atoms with Gasteiger partial charge in [-0.15, -0.1) is 0 Å². The number of nitrogens with zero attached hydrogens (tertiary/aromatic N) is 2. The van der Waals surface area contributed by atoms with Gasteiger partial charge in [0.05, 0.1) is 4.90 Å². The summed E-state index contributed by atoms with van der Waals surface area (Å²) >= 11 is 0. The highest BCUT2D eigenvalue weighted by Gasteiger charge is 2.15. The standard InChI is InChI=1S/C19H17FN4O3S/c20-15-5-2-14(3-6-15)4-11-18(25)23-16-7-9-17(10-8-16)28(26,27)24-19-21-12-1-13-22-19/h1-3,5-10,12-13H,4,11H2,(H,23,25)(H,21,22,24). The molecule has 28 heavy (non-hydrogen) atoms. The predicted octanol–water partition coefficient (Wildman–Crippen LogP) is 2.99. The van der Waals surface area contributed by atoms with Crippen LogP contribution >= 0.6 is 0 Å². The minimum absolute atomic E-state index is 0.0178. The van der Waals surface area contributed by atoms with E-state index in [-0.39, 0.29) is 29.0 Å². The number of benzene rings is 2. The van der Waals surface area contributed by atoms with Crippen molar-refractivity contribution in [3.05, 3.63) is 78.4 Å². The Kier molecular flexibility index (Phi) is 5.95. The lowest BCUT2D eigenvalue weighted by Gasteiger charge is -2.08. The van der Waals surface area contributed by atoms with E-state index in [1.807, 2.05) is 0 Å². The normalized spacial score (nSPS) is 11.0. The van der Waals surface area contributed by atoms with Crippen LogP contribution in [0.4, 0.5) is 16.0 Å². The van der Waals surface area contributed by atoms with Gasteiger partial charge in [-0.1, -0.05) is 12.1 Å². The quantitative estimate of drug-likeness (QED) is 0.635. The Morgan fingerprint density at radius 3 is 2.25 bits per heavy atom. The third-order valence-electron chi connectivity index (χ3n) is 3.79. The monoisotopic (exact) mass is 400 g/mol. The maximum Gasteiger partial charge on any atom is 0.264 e. The Balaban J connectivity index is 1.57. The molecule has 3 aromatic rings. The molecule has 0 fully saturated rings. The Bertz CT molecular complexity index is 1040. The first kappa shape index (κ1) is 19.4. The smallest absolute Gasteiger partial charge is 0.264 e. The molecule has 0 bridgehead atoms. The van der Waals surface area contributed by atoms with E-state index in [0.717, 1.165) is 5.56 Å². The second-order valence-electron chi connectivity index (χ2n) is 5.88. The lowest BCUT2D eigenvalue weighted by atomic mass is 10.1. The number of amides is 1. The van der Waals surface area contributed by atoms with Gasteiger partial charge in [0.2, 0.25) is 11.9 Å². The number of anilines is 2. The van der Waals surface area contributed by atoms with Crippen LogP contribution in [0.3, 0.4) is 0 Å². The molecular formula is C19H17FN4O3S. The number of sulfonamides is 1. The van der Waals surface area contributed by atoms with Gasteiger partial charge in [0.1, 0.15) is 5.82 Å². The van der Waals surface area contributed by atoms with Crippen molar-refractivity contribution in [2.75, 3.05) is 10.0 Å². The van der Waals surface area contributed by atoms with Crippen LogP contribution in [0, 0.1) is 5.82 Å². The Morgan fingerprint density at radius 1 is 0.964 bits per heavy atom. The average Bonchev–Trinajstić information content (AvgIpc) is 2.68. The number of carbonyl (C=O) groups is 1. The van der Waals surface area contributed by atoms with Gasteiger partial charge in [0.25, 0.3) is 10.0 Å². The molecule has 0 saturated carbocycles. The zero-order valence-electron chi connectivity index (χ0n) is 14.7. The summed E-state index contributed by atoms with van der Waals surface area (Å²) in [6.45, 7) is 0. The third kappa shape index (κ3) is 5.34. The van der Waals surface area contributed by atoms with E-state index >= 15 is 0 Å². The first-order valence-corrected chi connectivity index (χ1v) is 9.85.